The third kappa shape index (κ3) is 7.57. The first-order valence-electron chi connectivity index (χ1n) is 9.39. The summed E-state index contributed by atoms with van der Waals surface area (Å²) in [6.45, 7) is 4.99. The third-order valence-corrected chi connectivity index (χ3v) is 4.40. The zero-order valence-corrected chi connectivity index (χ0v) is 18.2. The van der Waals surface area contributed by atoms with Gasteiger partial charge in [0.15, 0.2) is 11.5 Å². The molecule has 0 saturated heterocycles. The molecule has 0 radical (unpaired) electrons. The van der Waals surface area contributed by atoms with E-state index in [4.69, 9.17) is 32.7 Å². The highest BCUT2D eigenvalue weighted by Crippen LogP contribution is 2.28. The van der Waals surface area contributed by atoms with E-state index in [-0.39, 0.29) is 0 Å². The number of ether oxygens (including phenoxy) is 2. The highest BCUT2D eigenvalue weighted by Gasteiger charge is 2.10. The molecule has 7 nitrogen and oxygen atoms in total. The predicted molar refractivity (Wildman–Crippen MR) is 119 cm³/mol. The zero-order chi connectivity index (χ0) is 21.9. The molecule has 0 heterocycles. The highest BCUT2D eigenvalue weighted by molar-refractivity contribution is 6.42. The van der Waals surface area contributed by atoms with E-state index >= 15 is 0 Å². The molecule has 2 N–H and O–H groups in total. The van der Waals surface area contributed by atoms with Gasteiger partial charge >= 0.3 is 0 Å². The molecule has 0 spiro atoms. The van der Waals surface area contributed by atoms with Crippen LogP contribution in [-0.2, 0) is 9.59 Å². The van der Waals surface area contributed by atoms with Crippen LogP contribution < -0.4 is 20.2 Å². The van der Waals surface area contributed by atoms with Crippen LogP contribution in [0.5, 0.6) is 11.5 Å². The Kier molecular flexibility index (Phi) is 9.44. The molecular formula is C21H23Cl2N3O4. The minimum atomic E-state index is -0.559. The number of amides is 2. The fraction of sp³-hybridized carbons (Fsp3) is 0.286. The van der Waals surface area contributed by atoms with Gasteiger partial charge in [-0.15, -0.1) is 0 Å². The van der Waals surface area contributed by atoms with Crippen molar-refractivity contribution in [3.63, 3.8) is 0 Å². The minimum Gasteiger partial charge on any atom is -0.490 e. The first-order valence-corrected chi connectivity index (χ1v) is 10.1. The fourth-order valence-electron chi connectivity index (χ4n) is 2.35. The Labute approximate surface area is 185 Å². The van der Waals surface area contributed by atoms with Gasteiger partial charge in [0, 0.05) is 5.69 Å². The summed E-state index contributed by atoms with van der Waals surface area (Å²) < 4.78 is 11.2. The Balaban J connectivity index is 1.89. The fourth-order valence-corrected chi connectivity index (χ4v) is 2.65. The van der Waals surface area contributed by atoms with Crippen molar-refractivity contribution < 1.29 is 19.1 Å². The maximum atomic E-state index is 12.0. The lowest BCUT2D eigenvalue weighted by atomic mass is 10.2. The van der Waals surface area contributed by atoms with Gasteiger partial charge in [-0.2, -0.15) is 5.10 Å². The molecule has 2 rings (SSSR count). The quantitative estimate of drug-likeness (QED) is 0.312. The molecular weight excluding hydrogens is 429 g/mol. The number of carbonyl (C=O) groups is 2. The van der Waals surface area contributed by atoms with Gasteiger partial charge in [-0.05, 0) is 55.3 Å². The summed E-state index contributed by atoms with van der Waals surface area (Å²) in [4.78, 5) is 23.9. The van der Waals surface area contributed by atoms with Crippen molar-refractivity contribution >= 4 is 46.9 Å². The van der Waals surface area contributed by atoms with Crippen LogP contribution >= 0.6 is 23.2 Å². The van der Waals surface area contributed by atoms with E-state index in [9.17, 15) is 9.59 Å². The van der Waals surface area contributed by atoms with Crippen LogP contribution in [0.25, 0.3) is 0 Å². The summed E-state index contributed by atoms with van der Waals surface area (Å²) in [5.74, 6) is 0.190. The zero-order valence-electron chi connectivity index (χ0n) is 16.7. The van der Waals surface area contributed by atoms with Crippen LogP contribution in [0, 0.1) is 0 Å². The Morgan fingerprint density at radius 1 is 1.00 bits per heavy atom. The smallest absolute Gasteiger partial charge is 0.249 e. The van der Waals surface area contributed by atoms with Crippen molar-refractivity contribution in [2.24, 2.45) is 5.10 Å². The summed E-state index contributed by atoms with van der Waals surface area (Å²) in [5, 5.41) is 7.13. The van der Waals surface area contributed by atoms with E-state index in [1.165, 1.54) is 12.3 Å². The number of carbonyl (C=O) groups excluding carboxylic acids is 2. The number of hydrogen-bond acceptors (Lipinski definition) is 5. The van der Waals surface area contributed by atoms with Crippen molar-refractivity contribution in [1.82, 2.24) is 5.43 Å². The number of hydrogen-bond donors (Lipinski definition) is 2. The second-order valence-electron chi connectivity index (χ2n) is 6.13. The molecule has 0 unspecified atom stereocenters. The number of anilines is 1. The number of hydrazone groups is 1. The first-order chi connectivity index (χ1) is 14.4. The molecule has 0 aliphatic heterocycles. The maximum Gasteiger partial charge on any atom is 0.249 e. The number of rotatable bonds is 10. The number of nitrogens with one attached hydrogen (secondary N) is 2. The van der Waals surface area contributed by atoms with Crippen molar-refractivity contribution in [1.29, 1.82) is 0 Å². The standard InChI is InChI=1S/C21H23Cl2N3O4/c1-3-9-30-18-8-5-14(10-19(18)29-4-2)13-24-26-21(28)12-20(27)25-15-6-7-16(22)17(23)11-15/h5-8,10-11,13H,3-4,9,12H2,1-2H3,(H,25,27)(H,26,28)/b24-13+. The summed E-state index contributed by atoms with van der Waals surface area (Å²) in [6.07, 6.45) is 1.95. The molecule has 9 heteroatoms. The SMILES string of the molecule is CCCOc1ccc(/C=N/NC(=O)CC(=O)Nc2ccc(Cl)c(Cl)c2)cc1OCC. The van der Waals surface area contributed by atoms with E-state index in [2.05, 4.69) is 15.8 Å². The second-order valence-corrected chi connectivity index (χ2v) is 6.95. The molecule has 160 valence electrons. The third-order valence-electron chi connectivity index (χ3n) is 3.66. The van der Waals surface area contributed by atoms with Crippen LogP contribution in [0.2, 0.25) is 10.0 Å². The molecule has 0 fully saturated rings. The Hall–Kier alpha value is -2.77. The molecule has 0 aliphatic rings. The van der Waals surface area contributed by atoms with Gasteiger partial charge in [0.1, 0.15) is 6.42 Å². The normalized spacial score (nSPS) is 10.7. The molecule has 0 aliphatic carbocycles. The summed E-state index contributed by atoms with van der Waals surface area (Å²) in [7, 11) is 0. The Morgan fingerprint density at radius 2 is 1.80 bits per heavy atom. The van der Waals surface area contributed by atoms with Crippen LogP contribution in [0.15, 0.2) is 41.5 Å². The average Bonchev–Trinajstić information content (AvgIpc) is 2.70. The molecule has 2 amide bonds. The molecule has 30 heavy (non-hydrogen) atoms. The van der Waals surface area contributed by atoms with Gasteiger partial charge in [0.25, 0.3) is 0 Å². The van der Waals surface area contributed by atoms with Crippen molar-refractivity contribution in [3.8, 4) is 11.5 Å². The van der Waals surface area contributed by atoms with E-state index in [0.717, 1.165) is 6.42 Å². The maximum absolute atomic E-state index is 12.0. The van der Waals surface area contributed by atoms with E-state index in [1.54, 1.807) is 30.3 Å². The molecule has 2 aromatic carbocycles. The number of halogens is 2. The van der Waals surface area contributed by atoms with Gasteiger partial charge in [-0.1, -0.05) is 30.1 Å². The highest BCUT2D eigenvalue weighted by atomic mass is 35.5. The molecule has 0 saturated carbocycles. The van der Waals surface area contributed by atoms with Crippen molar-refractivity contribution in [2.75, 3.05) is 18.5 Å². The van der Waals surface area contributed by atoms with Gasteiger partial charge in [0.2, 0.25) is 11.8 Å². The van der Waals surface area contributed by atoms with E-state index < -0.39 is 18.2 Å². The predicted octanol–water partition coefficient (Wildman–Crippen LogP) is 4.66. The van der Waals surface area contributed by atoms with E-state index in [0.29, 0.717) is 46.0 Å². The van der Waals surface area contributed by atoms with Gasteiger partial charge < -0.3 is 14.8 Å². The molecule has 2 aromatic rings. The lowest BCUT2D eigenvalue weighted by molar-refractivity contribution is -0.126. The van der Waals surface area contributed by atoms with Crippen LogP contribution in [-0.4, -0.2) is 31.2 Å². The lowest BCUT2D eigenvalue weighted by Gasteiger charge is -2.11. The van der Waals surface area contributed by atoms with Gasteiger partial charge in [0.05, 0.1) is 29.5 Å². The second kappa shape index (κ2) is 12.0. The topological polar surface area (TPSA) is 89.0 Å². The first kappa shape index (κ1) is 23.5. The Bertz CT molecular complexity index is 919. The van der Waals surface area contributed by atoms with Gasteiger partial charge in [-0.3, -0.25) is 9.59 Å². The molecule has 0 aromatic heterocycles. The monoisotopic (exact) mass is 451 g/mol. The number of benzene rings is 2. The largest absolute Gasteiger partial charge is 0.490 e. The summed E-state index contributed by atoms with van der Waals surface area (Å²) >= 11 is 11.7. The van der Waals surface area contributed by atoms with Crippen molar-refractivity contribution in [3.05, 3.63) is 52.0 Å². The van der Waals surface area contributed by atoms with Crippen LogP contribution in [0.4, 0.5) is 5.69 Å². The lowest BCUT2D eigenvalue weighted by Crippen LogP contribution is -2.24. The summed E-state index contributed by atoms with van der Waals surface area (Å²) in [5.41, 5.74) is 3.47. The minimum absolute atomic E-state index is 0.307. The molecule has 0 atom stereocenters. The van der Waals surface area contributed by atoms with Crippen LogP contribution in [0.1, 0.15) is 32.3 Å². The summed E-state index contributed by atoms with van der Waals surface area (Å²) in [6, 6.07) is 9.99. The van der Waals surface area contributed by atoms with Gasteiger partial charge in [-0.25, -0.2) is 5.43 Å². The Morgan fingerprint density at radius 3 is 2.50 bits per heavy atom. The van der Waals surface area contributed by atoms with Crippen LogP contribution in [0.3, 0.4) is 0 Å². The number of nitrogens with zero attached hydrogens (tertiary/aromatic N) is 1. The average molecular weight is 452 g/mol. The van der Waals surface area contributed by atoms with Crippen molar-refractivity contribution in [2.45, 2.75) is 26.7 Å². The van der Waals surface area contributed by atoms with E-state index in [1.807, 2.05) is 13.8 Å². The molecule has 0 bridgehead atoms.